The monoisotopic (exact) mass is 881 g/mol. The fraction of sp³-hybridized carbons (Fsp3) is 0.319. The molecule has 1 atom stereocenters. The van der Waals surface area contributed by atoms with Crippen LogP contribution in [0.25, 0.3) is 44.4 Å². The smallest absolute Gasteiger partial charge is 0.509 e. The minimum atomic E-state index is 0. The van der Waals surface area contributed by atoms with Crippen molar-refractivity contribution in [2.24, 2.45) is 0 Å². The van der Waals surface area contributed by atoms with Crippen LogP contribution in [0, 0.1) is 32.9 Å². The van der Waals surface area contributed by atoms with Crippen LogP contribution in [-0.4, -0.2) is 19.3 Å². The number of nitrogens with zero attached hydrogens (tertiary/aromatic N) is 4. The van der Waals surface area contributed by atoms with Gasteiger partial charge in [-0.05, 0) is 79.1 Å². The number of unbranched alkanes of at least 4 members (excludes halogenated alkanes) is 4. The number of fused-ring (bicyclic) bond motifs is 3. The minimum Gasteiger partial charge on any atom is -0.509 e. The Labute approximate surface area is 329 Å². The Morgan fingerprint density at radius 2 is 1.57 bits per heavy atom. The number of aromatic nitrogens is 4. The van der Waals surface area contributed by atoms with Crippen LogP contribution in [0.2, 0.25) is 0 Å². The summed E-state index contributed by atoms with van der Waals surface area (Å²) in [5, 5.41) is 7.37. The molecule has 0 amide bonds. The van der Waals surface area contributed by atoms with Crippen LogP contribution in [0.15, 0.2) is 91.1 Å². The summed E-state index contributed by atoms with van der Waals surface area (Å²) in [6.07, 6.45) is 11.3. The van der Waals surface area contributed by atoms with E-state index in [1.54, 1.807) is 0 Å². The van der Waals surface area contributed by atoms with Gasteiger partial charge in [0.2, 0.25) is 0 Å². The van der Waals surface area contributed by atoms with E-state index in [9.17, 15) is 0 Å². The summed E-state index contributed by atoms with van der Waals surface area (Å²) < 4.78 is 10.9. The van der Waals surface area contributed by atoms with E-state index in [2.05, 4.69) is 125 Å². The fourth-order valence-electron chi connectivity index (χ4n) is 7.55. The van der Waals surface area contributed by atoms with Gasteiger partial charge in [0.1, 0.15) is 5.82 Å². The van der Waals surface area contributed by atoms with Crippen molar-refractivity contribution in [2.75, 3.05) is 0 Å². The van der Waals surface area contributed by atoms with Crippen LogP contribution in [0.4, 0.5) is 0 Å². The maximum atomic E-state index is 6.70. The maximum absolute atomic E-state index is 6.70. The molecule has 274 valence electrons. The zero-order valence-corrected chi connectivity index (χ0v) is 34.2. The summed E-state index contributed by atoms with van der Waals surface area (Å²) in [5.41, 5.74) is 11.1. The summed E-state index contributed by atoms with van der Waals surface area (Å²) >= 11 is 0. The second-order valence-corrected chi connectivity index (χ2v) is 14.4. The van der Waals surface area contributed by atoms with Crippen molar-refractivity contribution >= 4 is 21.8 Å². The average Bonchev–Trinajstić information content (AvgIpc) is 3.64. The third kappa shape index (κ3) is 8.21. The Kier molecular flexibility index (Phi) is 12.4. The molecular formula is C47H50N4OPt. The quantitative estimate of drug-likeness (QED) is 0.0807. The third-order valence-corrected chi connectivity index (χ3v) is 10.4. The molecule has 7 rings (SSSR count). The predicted octanol–water partition coefficient (Wildman–Crippen LogP) is 12.8. The number of rotatable bonds is 14. The molecule has 6 heteroatoms. The van der Waals surface area contributed by atoms with Crippen molar-refractivity contribution in [1.29, 1.82) is 0 Å². The Morgan fingerprint density at radius 3 is 2.34 bits per heavy atom. The molecule has 1 unspecified atom stereocenters. The molecule has 0 spiro atoms. The first-order valence-corrected chi connectivity index (χ1v) is 19.1. The largest absolute Gasteiger partial charge is 2.00 e. The number of aryl methyl sites for hydroxylation is 3. The Balaban J connectivity index is 0.00000481. The molecule has 0 radical (unpaired) electrons. The second-order valence-electron chi connectivity index (χ2n) is 14.4. The first kappa shape index (κ1) is 38.3. The zero-order valence-electron chi connectivity index (χ0n) is 31.9. The van der Waals surface area contributed by atoms with E-state index < -0.39 is 0 Å². The summed E-state index contributed by atoms with van der Waals surface area (Å²) in [7, 11) is 0. The van der Waals surface area contributed by atoms with Gasteiger partial charge in [-0.3, -0.25) is 4.68 Å². The molecule has 0 saturated heterocycles. The van der Waals surface area contributed by atoms with Crippen molar-refractivity contribution in [3.8, 4) is 34.1 Å². The molecule has 3 aromatic heterocycles. The van der Waals surface area contributed by atoms with Gasteiger partial charge >= 0.3 is 21.1 Å². The molecule has 0 bridgehead atoms. The van der Waals surface area contributed by atoms with E-state index in [1.165, 1.54) is 60.6 Å². The average molecular weight is 882 g/mol. The molecule has 5 nitrogen and oxygen atoms in total. The first-order chi connectivity index (χ1) is 25.3. The predicted molar refractivity (Wildman–Crippen MR) is 215 cm³/mol. The van der Waals surface area contributed by atoms with Crippen molar-refractivity contribution in [1.82, 2.24) is 19.3 Å². The van der Waals surface area contributed by atoms with Gasteiger partial charge in [0.15, 0.2) is 0 Å². The molecule has 0 N–H and O–H groups in total. The van der Waals surface area contributed by atoms with Gasteiger partial charge in [0.25, 0.3) is 0 Å². The van der Waals surface area contributed by atoms with Gasteiger partial charge in [-0.1, -0.05) is 114 Å². The maximum Gasteiger partial charge on any atom is 2.00 e. The van der Waals surface area contributed by atoms with Crippen LogP contribution in [0.3, 0.4) is 0 Å². The van der Waals surface area contributed by atoms with Gasteiger partial charge in [-0.2, -0.15) is 16.7 Å². The SMILES string of the molecule is CCCCCc1cc(Oc2[c-]c3c(cc2)c2cc(C(C)CCCCC)ccc2n3-c2cc(C)ccn2)[c-]c(-n2nc(C)c(-c3ccccc3)c2C)c1.[Pt+2]. The van der Waals surface area contributed by atoms with E-state index in [0.717, 1.165) is 63.3 Å². The molecule has 0 aliphatic carbocycles. The number of ether oxygens (including phenoxy) is 1. The Bertz CT molecular complexity index is 2320. The van der Waals surface area contributed by atoms with Crippen LogP contribution in [-0.2, 0) is 27.5 Å². The van der Waals surface area contributed by atoms with E-state index in [-0.39, 0.29) is 21.1 Å². The molecule has 0 aliphatic heterocycles. The van der Waals surface area contributed by atoms with Crippen LogP contribution in [0.1, 0.15) is 99.7 Å². The van der Waals surface area contributed by atoms with Gasteiger partial charge in [0.05, 0.1) is 5.69 Å². The topological polar surface area (TPSA) is 44.9 Å². The van der Waals surface area contributed by atoms with Gasteiger partial charge in [0, 0.05) is 34.5 Å². The van der Waals surface area contributed by atoms with E-state index >= 15 is 0 Å². The van der Waals surface area contributed by atoms with Crippen molar-refractivity contribution in [2.45, 2.75) is 98.8 Å². The van der Waals surface area contributed by atoms with Crippen molar-refractivity contribution in [3.05, 3.63) is 131 Å². The summed E-state index contributed by atoms with van der Waals surface area (Å²) in [5.74, 6) is 2.68. The van der Waals surface area contributed by atoms with Gasteiger partial charge in [-0.25, -0.2) is 4.98 Å². The Morgan fingerprint density at radius 1 is 0.774 bits per heavy atom. The molecule has 0 saturated carbocycles. The number of pyridine rings is 1. The molecule has 53 heavy (non-hydrogen) atoms. The normalized spacial score (nSPS) is 12.0. The van der Waals surface area contributed by atoms with Crippen LogP contribution < -0.4 is 4.74 Å². The van der Waals surface area contributed by atoms with Gasteiger partial charge in [-0.15, -0.1) is 35.7 Å². The van der Waals surface area contributed by atoms with E-state index in [0.29, 0.717) is 17.4 Å². The molecule has 0 aliphatic rings. The number of hydrogen-bond acceptors (Lipinski definition) is 3. The molecule has 4 aromatic carbocycles. The third-order valence-electron chi connectivity index (χ3n) is 10.4. The van der Waals surface area contributed by atoms with Crippen molar-refractivity contribution < 1.29 is 25.8 Å². The molecule has 3 heterocycles. The summed E-state index contributed by atoms with van der Waals surface area (Å²) in [4.78, 5) is 4.82. The minimum absolute atomic E-state index is 0. The number of benzene rings is 4. The number of hydrogen-bond donors (Lipinski definition) is 0. The second kappa shape index (κ2) is 17.1. The van der Waals surface area contributed by atoms with Crippen LogP contribution in [0.5, 0.6) is 11.5 Å². The summed E-state index contributed by atoms with van der Waals surface area (Å²) in [6.45, 7) is 13.2. The molecule has 7 aromatic rings. The zero-order chi connectivity index (χ0) is 36.2. The fourth-order valence-corrected chi connectivity index (χ4v) is 7.55. The molecular weight excluding hydrogens is 832 g/mol. The summed E-state index contributed by atoms with van der Waals surface area (Å²) in [6, 6.07) is 37.4. The standard InChI is InChI=1S/C47H50N4O.Pt/c1-7-9-12-16-33(4)38-20-23-44-43(29-38)42-22-21-40(31-45(42)50(44)46-26-32(3)24-25-48-46)52-41-28-36(17-13-10-8-2)27-39(30-41)51-35(6)47(34(5)49-51)37-18-14-11-15-19-37;/h11,14-15,18-29,33H,7-10,12-13,16-17H2,1-6H3;/q-2;+2. The van der Waals surface area contributed by atoms with Gasteiger partial charge < -0.3 is 9.30 Å². The Hall–Kier alpha value is -4.47. The van der Waals surface area contributed by atoms with Crippen LogP contribution >= 0.6 is 0 Å². The molecule has 0 fully saturated rings. The van der Waals surface area contributed by atoms with E-state index in [4.69, 9.17) is 14.8 Å². The first-order valence-electron chi connectivity index (χ1n) is 19.1. The van der Waals surface area contributed by atoms with Crippen molar-refractivity contribution in [3.63, 3.8) is 0 Å². The van der Waals surface area contributed by atoms with E-state index in [1.807, 2.05) is 29.1 Å².